The second kappa shape index (κ2) is 32.6. The summed E-state index contributed by atoms with van der Waals surface area (Å²) in [5.74, 6) is 1.50. The topological polar surface area (TPSA) is 289 Å². The lowest BCUT2D eigenvalue weighted by molar-refractivity contribution is -0.138. The average molecular weight is 1500 g/mol. The quantitative estimate of drug-likeness (QED) is 0.0185. The van der Waals surface area contributed by atoms with E-state index in [1.165, 1.54) is 95.8 Å². The molecular formula is C70H67Cl2F6N10O13PS-2. The fourth-order valence-corrected chi connectivity index (χ4v) is 14.2. The number of methoxy groups -OCH3 is 3. The molecule has 9 aromatic rings. The van der Waals surface area contributed by atoms with Crippen LogP contribution in [0.5, 0.6) is 34.5 Å². The Hall–Kier alpha value is -9.87. The first-order chi connectivity index (χ1) is 48.5. The number of nitrogens with one attached hydrogen (secondary N) is 3. The van der Waals surface area contributed by atoms with E-state index < -0.39 is 44.6 Å². The van der Waals surface area contributed by atoms with Gasteiger partial charge in [0.25, 0.3) is 15.7 Å². The van der Waals surface area contributed by atoms with Gasteiger partial charge in [-0.2, -0.15) is 34.8 Å². The van der Waals surface area contributed by atoms with Crippen LogP contribution < -0.4 is 39.9 Å². The molecule has 3 aromatic heterocycles. The molecule has 6 aromatic carbocycles. The third-order valence-corrected chi connectivity index (χ3v) is 19.2. The lowest BCUT2D eigenvalue weighted by Gasteiger charge is -2.38. The Morgan fingerprint density at radius 1 is 0.602 bits per heavy atom. The van der Waals surface area contributed by atoms with Crippen molar-refractivity contribution in [3.05, 3.63) is 178 Å². The lowest BCUT2D eigenvalue weighted by atomic mass is 9.99. The molecule has 0 radical (unpaired) electrons. The zero-order chi connectivity index (χ0) is 73.5. The van der Waals surface area contributed by atoms with Crippen molar-refractivity contribution in [2.24, 2.45) is 0 Å². The molecule has 4 fully saturated rings. The summed E-state index contributed by atoms with van der Waals surface area (Å²) in [5, 5.41) is 16.2. The first-order valence-corrected chi connectivity index (χ1v) is 33.6. The lowest BCUT2D eigenvalue weighted by Crippen LogP contribution is -2.48. The van der Waals surface area contributed by atoms with Gasteiger partial charge in [-0.25, -0.2) is 24.9 Å². The number of ether oxygens (including phenoxy) is 5. The number of fused-ring (bicyclic) bond motifs is 7. The number of phenolic OH excluding ortho intramolecular Hbond substituents is 1. The highest BCUT2D eigenvalue weighted by molar-refractivity contribution is 7.86. The molecule has 4 saturated heterocycles. The van der Waals surface area contributed by atoms with Crippen LogP contribution in [0, 0.1) is 6.92 Å². The van der Waals surface area contributed by atoms with Crippen LogP contribution >= 0.6 is 33.1 Å². The van der Waals surface area contributed by atoms with E-state index in [0.717, 1.165) is 49.4 Å². The number of hydrogen-bond donors (Lipinski definition) is 4. The van der Waals surface area contributed by atoms with E-state index in [1.807, 2.05) is 16.7 Å². The zero-order valence-corrected chi connectivity index (χ0v) is 58.9. The molecule has 0 aliphatic carbocycles. The number of aromatic nitrogens is 6. The van der Waals surface area contributed by atoms with Crippen molar-refractivity contribution in [1.29, 1.82) is 0 Å². The van der Waals surface area contributed by atoms with Crippen molar-refractivity contribution < 1.29 is 82.1 Å². The number of anilines is 4. The Morgan fingerprint density at radius 2 is 1.04 bits per heavy atom. The number of aromatic hydroxyl groups is 1. The smallest absolute Gasteiger partial charge is 0.417 e. The molecule has 4 aliphatic heterocycles. The average Bonchev–Trinajstić information content (AvgIpc) is 1.78. The maximum Gasteiger partial charge on any atom is 0.417 e. The van der Waals surface area contributed by atoms with Crippen LogP contribution in [0.15, 0.2) is 151 Å². The van der Waals surface area contributed by atoms with Crippen LogP contribution in [0.25, 0.3) is 32.7 Å². The number of nitrogens with zero attached hydrogens (tertiary/aromatic N) is 7. The Labute approximate surface area is 599 Å². The van der Waals surface area contributed by atoms with Crippen LogP contribution in [0.1, 0.15) is 75.0 Å². The minimum Gasteiger partial charge on any atom is -1.51 e. The number of benzene rings is 6. The molecule has 33 heteroatoms. The van der Waals surface area contributed by atoms with E-state index >= 15 is 0 Å². The third kappa shape index (κ3) is 18.1. The summed E-state index contributed by atoms with van der Waals surface area (Å²) < 4.78 is 136. The van der Waals surface area contributed by atoms with Crippen LogP contribution in [-0.2, 0) is 41.0 Å². The fraction of sp³-hybridized carbons (Fsp3) is 0.300. The fourth-order valence-electron chi connectivity index (χ4n) is 12.6. The highest BCUT2D eigenvalue weighted by Gasteiger charge is 2.46. The van der Waals surface area contributed by atoms with Gasteiger partial charge in [0.15, 0.2) is 34.5 Å². The first kappa shape index (κ1) is 77.3. The number of carbonyl (C=O) groups is 3. The van der Waals surface area contributed by atoms with E-state index in [-0.39, 0.29) is 108 Å². The standard InChI is InChI=1S/C26H24ClF3N4O3.C17H21NO4S.C16H11ClF3N3O2.C11H10N2O4.HP/c1-3-24(35)34-15-5-6-16(34)10-17(9-15)37-23-11-18-21(12-22(23)36-2)31-13-32-25(18)33-14-4-7-20(27)19(8-14)26(28,29)30;1-3-17(19)18-13-6-7-14(18)11-15(10-13)22-23(20,21)16-8-4-12(2)5-9-16;1-25-14-6-12-9(5-13(14)24)15(22-7-21-12)23-8-2-3-11(17)10(4-8)16(18,19)20;1-6(14)17-10-3-7-8(4-9(10)16-2)12-5-13-11(7)15;/h3-4,7-8,11-13,15-17H,1,5-6,9-10H2,2H3,(H,31,32,33);3-5,8-9,13-15H,1,6-7,10-11H2,2H3;2-7,24H,1H3,(H,21,22,23);3-5H,1-2H3,(H,12,13,15);1H/q;;;;-2/t15-,16+,17?;13-,14+,15?;;;. The summed E-state index contributed by atoms with van der Waals surface area (Å²) in [6.45, 7) is 10.3. The number of alkyl halides is 6. The number of H-pyrrole nitrogens is 1. The summed E-state index contributed by atoms with van der Waals surface area (Å²) >= 11 is 11.4. The van der Waals surface area contributed by atoms with Gasteiger partial charge in [-0.1, -0.05) is 54.1 Å². The molecule has 544 valence electrons. The van der Waals surface area contributed by atoms with Gasteiger partial charge in [0.1, 0.15) is 30.4 Å². The minimum atomic E-state index is -4.60. The Balaban J connectivity index is 0.000000165. The highest BCUT2D eigenvalue weighted by Crippen LogP contribution is 2.44. The predicted molar refractivity (Wildman–Crippen MR) is 376 cm³/mol. The van der Waals surface area contributed by atoms with Gasteiger partial charge in [-0.15, -0.1) is 0 Å². The summed E-state index contributed by atoms with van der Waals surface area (Å²) in [7, 11) is 0.603. The molecule has 13 rings (SSSR count). The second-order valence-electron chi connectivity index (χ2n) is 23.8. The molecule has 0 spiro atoms. The van der Waals surface area contributed by atoms with Crippen LogP contribution in [0.2, 0.25) is 10.0 Å². The number of hydrogen-bond acceptors (Lipinski definition) is 20. The number of amides is 2. The van der Waals surface area contributed by atoms with Gasteiger partial charge in [-0.05, 0) is 124 Å². The molecule has 4 aliphatic rings. The SMILES string of the molecule is C=CC(=O)N1[C@@H]2CC[C@H]1CC(OS(=O)(=O)c1ccc(C)cc1)C2.C=CC(=O)N1[C@@H]2CC[C@H]1CC(Oc1cc3c(Nc4ccc(Cl)c(C(F)(F)F)c4)ncnc3cc1OC)C2.COc1cc2nc[nH]c(=O)c2cc1OC(C)=O.COc1cc2ncnc(Nc3ccc(Cl)c(C(F)(F)F)c3)c2cc1O.[PH-2]. The summed E-state index contributed by atoms with van der Waals surface area (Å²) in [6.07, 6.45) is 2.98. The van der Waals surface area contributed by atoms with E-state index in [1.54, 1.807) is 42.5 Å². The van der Waals surface area contributed by atoms with E-state index in [0.29, 0.717) is 81.5 Å². The molecule has 6 atom stereocenters. The maximum atomic E-state index is 13.3. The van der Waals surface area contributed by atoms with E-state index in [2.05, 4.69) is 53.7 Å². The number of halogens is 8. The normalized spacial score (nSPS) is 18.1. The van der Waals surface area contributed by atoms with Crippen molar-refractivity contribution in [3.8, 4) is 34.5 Å². The minimum absolute atomic E-state index is 0. The number of aryl methyl sites for hydroxylation is 1. The van der Waals surface area contributed by atoms with Gasteiger partial charge in [0.2, 0.25) is 11.8 Å². The molecule has 4 N–H and O–H groups in total. The molecular weight excluding hydrogens is 1440 g/mol. The molecule has 23 nitrogen and oxygen atoms in total. The number of piperidine rings is 2. The first-order valence-electron chi connectivity index (χ1n) is 31.4. The van der Waals surface area contributed by atoms with Gasteiger partial charge < -0.3 is 64.1 Å². The largest absolute Gasteiger partial charge is 1.51 e. The zero-order valence-electron chi connectivity index (χ0n) is 55.6. The van der Waals surface area contributed by atoms with Crippen molar-refractivity contribution in [2.75, 3.05) is 32.0 Å². The van der Waals surface area contributed by atoms with Crippen molar-refractivity contribution in [1.82, 2.24) is 39.7 Å². The van der Waals surface area contributed by atoms with E-state index in [4.69, 9.17) is 51.1 Å². The van der Waals surface area contributed by atoms with Crippen molar-refractivity contribution >= 4 is 117 Å². The number of esters is 1. The predicted octanol–water partition coefficient (Wildman–Crippen LogP) is 14.8. The third-order valence-electron chi connectivity index (χ3n) is 17.2. The highest BCUT2D eigenvalue weighted by atomic mass is 35.5. The molecule has 2 unspecified atom stereocenters. The molecule has 2 amide bonds. The number of phenols is 1. The van der Waals surface area contributed by atoms with Crippen molar-refractivity contribution in [3.63, 3.8) is 0 Å². The van der Waals surface area contributed by atoms with Gasteiger partial charge in [0, 0.05) is 84.3 Å². The molecule has 103 heavy (non-hydrogen) atoms. The summed E-state index contributed by atoms with van der Waals surface area (Å²) in [5.41, 5.74) is 0.570. The van der Waals surface area contributed by atoms with Crippen LogP contribution in [0.3, 0.4) is 0 Å². The van der Waals surface area contributed by atoms with Gasteiger partial charge in [-0.3, -0.25) is 23.4 Å². The number of rotatable bonds is 15. The number of carbonyl (C=O) groups excluding carboxylic acids is 3. The van der Waals surface area contributed by atoms with Gasteiger partial charge in [0.05, 0.1) is 81.8 Å². The molecule has 7 heterocycles. The molecule has 4 bridgehead atoms. The Bertz CT molecular complexity index is 4830. The number of aromatic amines is 1. The Kier molecular flexibility index (Phi) is 24.5. The van der Waals surface area contributed by atoms with Crippen LogP contribution in [0.4, 0.5) is 49.4 Å². The molecule has 0 saturated carbocycles. The summed E-state index contributed by atoms with van der Waals surface area (Å²) in [4.78, 5) is 73.6. The second-order valence-corrected chi connectivity index (χ2v) is 26.2. The monoisotopic (exact) mass is 1500 g/mol. The van der Waals surface area contributed by atoms with Crippen molar-refractivity contribution in [2.45, 2.75) is 119 Å². The summed E-state index contributed by atoms with van der Waals surface area (Å²) in [6, 6.07) is 23.2. The van der Waals surface area contributed by atoms with Crippen LogP contribution in [-0.4, -0.2) is 129 Å². The Morgan fingerprint density at radius 3 is 1.50 bits per heavy atom. The van der Waals surface area contributed by atoms with Gasteiger partial charge >= 0.3 is 18.3 Å². The van der Waals surface area contributed by atoms with E-state index in [9.17, 15) is 59.0 Å². The maximum absolute atomic E-state index is 13.3.